The highest BCUT2D eigenvalue weighted by atomic mass is 19.1. The Morgan fingerprint density at radius 2 is 2.00 bits per heavy atom. The van der Waals surface area contributed by atoms with Gasteiger partial charge in [-0.05, 0) is 36.1 Å². The van der Waals surface area contributed by atoms with E-state index >= 15 is 0 Å². The molecule has 114 valence electrons. The molecule has 0 spiro atoms. The number of hydrogen-bond acceptors (Lipinski definition) is 4. The first-order valence-electron chi connectivity index (χ1n) is 7.41. The van der Waals surface area contributed by atoms with Crippen molar-refractivity contribution in [2.75, 3.05) is 18.0 Å². The molecule has 0 saturated carbocycles. The molecule has 0 aliphatic carbocycles. The van der Waals surface area contributed by atoms with Gasteiger partial charge in [0.15, 0.2) is 11.6 Å². The molecule has 0 saturated heterocycles. The van der Waals surface area contributed by atoms with Gasteiger partial charge in [-0.2, -0.15) is 0 Å². The van der Waals surface area contributed by atoms with Gasteiger partial charge >= 0.3 is 0 Å². The van der Waals surface area contributed by atoms with Gasteiger partial charge in [-0.15, -0.1) is 0 Å². The Kier molecular flexibility index (Phi) is 4.04. The van der Waals surface area contributed by atoms with Gasteiger partial charge in [-0.25, -0.2) is 14.4 Å². The average molecular weight is 299 g/mol. The van der Waals surface area contributed by atoms with Crippen LogP contribution in [0.3, 0.4) is 0 Å². The maximum absolute atomic E-state index is 14.3. The summed E-state index contributed by atoms with van der Waals surface area (Å²) in [5.41, 5.74) is 2.76. The first kappa shape index (κ1) is 14.5. The number of phenolic OH excluding ortho intramolecular Hbond substituents is 1. The van der Waals surface area contributed by atoms with E-state index in [2.05, 4.69) is 16.0 Å². The lowest BCUT2D eigenvalue weighted by atomic mass is 9.99. The minimum atomic E-state index is -0.313. The van der Waals surface area contributed by atoms with Crippen molar-refractivity contribution >= 4 is 11.4 Å². The highest BCUT2D eigenvalue weighted by Gasteiger charge is 2.19. The molecular weight excluding hydrogens is 281 g/mol. The maximum Gasteiger partial charge on any atom is 0.187 e. The second-order valence-electron chi connectivity index (χ2n) is 5.28. The maximum atomic E-state index is 14.3. The second kappa shape index (κ2) is 6.13. The molecule has 1 aliphatic heterocycles. The lowest BCUT2D eigenvalue weighted by Crippen LogP contribution is -2.30. The van der Waals surface area contributed by atoms with Crippen LogP contribution in [0.25, 0.3) is 5.57 Å². The van der Waals surface area contributed by atoms with E-state index in [0.29, 0.717) is 31.0 Å². The van der Waals surface area contributed by atoms with Crippen LogP contribution in [0.5, 0.6) is 5.75 Å². The number of aryl methyl sites for hydroxylation is 1. The summed E-state index contributed by atoms with van der Waals surface area (Å²) in [6.45, 7) is 3.21. The molecule has 22 heavy (non-hydrogen) atoms. The molecule has 2 aromatic rings. The van der Waals surface area contributed by atoms with Gasteiger partial charge in [0, 0.05) is 13.1 Å². The Morgan fingerprint density at radius 1 is 1.23 bits per heavy atom. The van der Waals surface area contributed by atoms with E-state index in [0.717, 1.165) is 12.0 Å². The minimum absolute atomic E-state index is 0.261. The number of aromatic hydroxyl groups is 1. The molecule has 0 radical (unpaired) electrons. The van der Waals surface area contributed by atoms with E-state index in [-0.39, 0.29) is 11.6 Å². The Morgan fingerprint density at radius 3 is 2.64 bits per heavy atom. The molecule has 1 aliphatic rings. The van der Waals surface area contributed by atoms with E-state index in [1.165, 1.54) is 11.9 Å². The highest BCUT2D eigenvalue weighted by molar-refractivity contribution is 5.68. The predicted octanol–water partition coefficient (Wildman–Crippen LogP) is 3.18. The molecule has 0 bridgehead atoms. The third-order valence-electron chi connectivity index (χ3n) is 3.92. The molecule has 0 fully saturated rings. The van der Waals surface area contributed by atoms with Crippen molar-refractivity contribution in [2.24, 2.45) is 0 Å². The third kappa shape index (κ3) is 2.79. The topological polar surface area (TPSA) is 49.2 Å². The normalized spacial score (nSPS) is 14.8. The number of nitrogens with zero attached hydrogens (tertiary/aromatic N) is 3. The van der Waals surface area contributed by atoms with Gasteiger partial charge < -0.3 is 10.0 Å². The van der Waals surface area contributed by atoms with Gasteiger partial charge in [0.25, 0.3) is 0 Å². The number of aromatic nitrogens is 2. The lowest BCUT2D eigenvalue weighted by Gasteiger charge is -2.28. The van der Waals surface area contributed by atoms with E-state index in [4.69, 9.17) is 0 Å². The van der Waals surface area contributed by atoms with Crippen molar-refractivity contribution in [3.63, 3.8) is 0 Å². The summed E-state index contributed by atoms with van der Waals surface area (Å²) in [7, 11) is 0. The molecule has 0 atom stereocenters. The van der Waals surface area contributed by atoms with Crippen molar-refractivity contribution in [2.45, 2.75) is 19.8 Å². The van der Waals surface area contributed by atoms with E-state index < -0.39 is 0 Å². The summed E-state index contributed by atoms with van der Waals surface area (Å²) in [5.74, 6) is 0.330. The van der Waals surface area contributed by atoms with Crippen LogP contribution in [-0.4, -0.2) is 28.2 Å². The van der Waals surface area contributed by atoms with Gasteiger partial charge in [-0.3, -0.25) is 0 Å². The van der Waals surface area contributed by atoms with Crippen LogP contribution >= 0.6 is 0 Å². The van der Waals surface area contributed by atoms with Gasteiger partial charge in [-0.1, -0.05) is 25.1 Å². The number of benzene rings is 1. The first-order chi connectivity index (χ1) is 10.7. The summed E-state index contributed by atoms with van der Waals surface area (Å²) in [6, 6.07) is 7.16. The van der Waals surface area contributed by atoms with E-state index in [1.54, 1.807) is 12.1 Å². The number of rotatable bonds is 3. The van der Waals surface area contributed by atoms with Gasteiger partial charge in [0.1, 0.15) is 12.1 Å². The Labute approximate surface area is 129 Å². The summed E-state index contributed by atoms with van der Waals surface area (Å²) in [4.78, 5) is 10.00. The van der Waals surface area contributed by atoms with Crippen molar-refractivity contribution in [3.05, 3.63) is 53.7 Å². The molecule has 4 nitrogen and oxygen atoms in total. The number of anilines is 1. The third-order valence-corrected chi connectivity index (χ3v) is 3.92. The highest BCUT2D eigenvalue weighted by Crippen LogP contribution is 2.27. The predicted molar refractivity (Wildman–Crippen MR) is 84.3 cm³/mol. The van der Waals surface area contributed by atoms with Gasteiger partial charge in [0.2, 0.25) is 0 Å². The summed E-state index contributed by atoms with van der Waals surface area (Å²) in [5, 5.41) is 9.34. The molecule has 5 heteroatoms. The second-order valence-corrected chi connectivity index (χ2v) is 5.28. The summed E-state index contributed by atoms with van der Waals surface area (Å²) >= 11 is 0. The fourth-order valence-electron chi connectivity index (χ4n) is 2.66. The molecular formula is C17H18FN3O. The molecule has 1 aromatic carbocycles. The number of phenols is 1. The Bertz CT molecular complexity index is 698. The monoisotopic (exact) mass is 299 g/mol. The van der Waals surface area contributed by atoms with E-state index in [9.17, 15) is 9.50 Å². The standard InChI is InChI=1S/C17H18FN3O/c1-2-15-16(18)17(20-11-19-15)21-9-7-13(8-10-21)12-3-5-14(22)6-4-12/h3-7,11,22H,2,8-10H2,1H3. The average Bonchev–Trinajstić information content (AvgIpc) is 2.56. The van der Waals surface area contributed by atoms with Crippen LogP contribution in [0.2, 0.25) is 0 Å². The minimum Gasteiger partial charge on any atom is -0.508 e. The van der Waals surface area contributed by atoms with Crippen molar-refractivity contribution < 1.29 is 9.50 Å². The molecule has 0 amide bonds. The molecule has 1 aromatic heterocycles. The van der Waals surface area contributed by atoms with Crippen molar-refractivity contribution in [3.8, 4) is 5.75 Å². The Hall–Kier alpha value is -2.43. The fourth-order valence-corrected chi connectivity index (χ4v) is 2.66. The lowest BCUT2D eigenvalue weighted by molar-refractivity contribution is 0.475. The van der Waals surface area contributed by atoms with Crippen LogP contribution in [-0.2, 0) is 6.42 Å². The SMILES string of the molecule is CCc1ncnc(N2CC=C(c3ccc(O)cc3)CC2)c1F. The smallest absolute Gasteiger partial charge is 0.187 e. The number of halogens is 1. The zero-order chi connectivity index (χ0) is 15.5. The Balaban J connectivity index is 1.80. The van der Waals surface area contributed by atoms with Crippen LogP contribution < -0.4 is 4.90 Å². The molecule has 3 rings (SSSR count). The zero-order valence-electron chi connectivity index (χ0n) is 12.5. The van der Waals surface area contributed by atoms with Gasteiger partial charge in [0.05, 0.1) is 5.69 Å². The van der Waals surface area contributed by atoms with Crippen LogP contribution in [0, 0.1) is 5.82 Å². The quantitative estimate of drug-likeness (QED) is 0.945. The fraction of sp³-hybridized carbons (Fsp3) is 0.294. The molecule has 2 heterocycles. The van der Waals surface area contributed by atoms with E-state index in [1.807, 2.05) is 24.0 Å². The molecule has 1 N–H and O–H groups in total. The van der Waals surface area contributed by atoms with Crippen molar-refractivity contribution in [1.29, 1.82) is 0 Å². The first-order valence-corrected chi connectivity index (χ1v) is 7.41. The number of hydrogen-bond donors (Lipinski definition) is 1. The van der Waals surface area contributed by atoms with Crippen LogP contribution in [0.15, 0.2) is 36.7 Å². The largest absolute Gasteiger partial charge is 0.508 e. The van der Waals surface area contributed by atoms with Crippen molar-refractivity contribution in [1.82, 2.24) is 9.97 Å². The molecule has 0 unspecified atom stereocenters. The summed E-state index contributed by atoms with van der Waals surface area (Å²) < 4.78 is 14.3. The zero-order valence-corrected chi connectivity index (χ0v) is 12.5. The van der Waals surface area contributed by atoms with Crippen LogP contribution in [0.1, 0.15) is 24.6 Å². The van der Waals surface area contributed by atoms with Crippen LogP contribution in [0.4, 0.5) is 10.2 Å². The summed E-state index contributed by atoms with van der Waals surface area (Å²) in [6.07, 6.45) is 4.89.